The zero-order chi connectivity index (χ0) is 17.7. The van der Waals surface area contributed by atoms with Gasteiger partial charge in [0, 0.05) is 19.1 Å². The van der Waals surface area contributed by atoms with Gasteiger partial charge in [0.15, 0.2) is 5.96 Å². The number of likely N-dealkylation sites (N-methyl/N-ethyl adjacent to an activating group) is 1. The van der Waals surface area contributed by atoms with Crippen molar-refractivity contribution < 1.29 is 0 Å². The van der Waals surface area contributed by atoms with Crippen molar-refractivity contribution in [2.24, 2.45) is 4.99 Å². The van der Waals surface area contributed by atoms with Crippen LogP contribution in [0.3, 0.4) is 0 Å². The van der Waals surface area contributed by atoms with E-state index in [4.69, 9.17) is 4.99 Å². The third-order valence-electron chi connectivity index (χ3n) is 5.60. The molecular weight excluding hydrogens is 437 g/mol. The van der Waals surface area contributed by atoms with Crippen molar-refractivity contribution in [3.05, 3.63) is 0 Å². The van der Waals surface area contributed by atoms with Crippen LogP contribution >= 0.6 is 24.0 Å². The van der Waals surface area contributed by atoms with Crippen molar-refractivity contribution in [3.8, 4) is 0 Å². The topological polar surface area (TPSA) is 42.9 Å². The molecule has 1 unspecified atom stereocenters. The molecule has 26 heavy (non-hydrogen) atoms. The van der Waals surface area contributed by atoms with Crippen molar-refractivity contribution in [3.63, 3.8) is 0 Å². The summed E-state index contributed by atoms with van der Waals surface area (Å²) in [5.41, 5.74) is 0. The predicted octanol–water partition coefficient (Wildman–Crippen LogP) is 3.30. The molecule has 2 rings (SSSR count). The van der Waals surface area contributed by atoms with Crippen molar-refractivity contribution in [2.75, 3.05) is 52.4 Å². The van der Waals surface area contributed by atoms with Gasteiger partial charge in [0.05, 0.1) is 6.54 Å². The smallest absolute Gasteiger partial charge is 0.191 e. The van der Waals surface area contributed by atoms with E-state index < -0.39 is 0 Å². The number of nitrogens with zero attached hydrogens (tertiary/aromatic N) is 3. The van der Waals surface area contributed by atoms with Gasteiger partial charge in [-0.3, -0.25) is 9.89 Å². The molecule has 0 spiro atoms. The molecule has 5 nitrogen and oxygen atoms in total. The zero-order valence-electron chi connectivity index (χ0n) is 17.1. The maximum absolute atomic E-state index is 4.83. The first-order valence-electron chi connectivity index (χ1n) is 10.8. The highest BCUT2D eigenvalue weighted by atomic mass is 127. The van der Waals surface area contributed by atoms with E-state index in [2.05, 4.69) is 34.3 Å². The first-order valence-corrected chi connectivity index (χ1v) is 10.8. The number of hydrogen-bond donors (Lipinski definition) is 2. The maximum Gasteiger partial charge on any atom is 0.191 e. The number of aliphatic imine (C=N–C) groups is 1. The molecule has 2 fully saturated rings. The average Bonchev–Trinajstić information content (AvgIpc) is 3.11. The molecule has 2 N–H and O–H groups in total. The quantitative estimate of drug-likeness (QED) is 0.219. The fraction of sp³-hybridized carbons (Fsp3) is 0.950. The van der Waals surface area contributed by atoms with Gasteiger partial charge >= 0.3 is 0 Å². The van der Waals surface area contributed by atoms with Crippen LogP contribution in [0.1, 0.15) is 65.2 Å². The van der Waals surface area contributed by atoms with Crippen LogP contribution in [-0.4, -0.2) is 74.2 Å². The summed E-state index contributed by atoms with van der Waals surface area (Å²) in [4.78, 5) is 10.0. The molecule has 6 heteroatoms. The Morgan fingerprint density at radius 2 is 1.77 bits per heavy atom. The summed E-state index contributed by atoms with van der Waals surface area (Å²) in [7, 11) is 0. The van der Waals surface area contributed by atoms with E-state index in [1.54, 1.807) is 0 Å². The highest BCUT2D eigenvalue weighted by molar-refractivity contribution is 14.0. The lowest BCUT2D eigenvalue weighted by molar-refractivity contribution is 0.224. The van der Waals surface area contributed by atoms with Gasteiger partial charge in [0.25, 0.3) is 0 Å². The molecule has 0 aliphatic carbocycles. The second-order valence-electron chi connectivity index (χ2n) is 7.53. The van der Waals surface area contributed by atoms with Gasteiger partial charge < -0.3 is 15.5 Å². The largest absolute Gasteiger partial charge is 0.357 e. The van der Waals surface area contributed by atoms with Crippen molar-refractivity contribution in [1.82, 2.24) is 20.4 Å². The van der Waals surface area contributed by atoms with E-state index in [-0.39, 0.29) is 24.0 Å². The number of rotatable bonds is 10. The minimum Gasteiger partial charge on any atom is -0.357 e. The first kappa shape index (κ1) is 24.0. The molecule has 0 aromatic rings. The molecule has 2 heterocycles. The van der Waals surface area contributed by atoms with Gasteiger partial charge in [-0.05, 0) is 78.2 Å². The summed E-state index contributed by atoms with van der Waals surface area (Å²) < 4.78 is 0. The van der Waals surface area contributed by atoms with Gasteiger partial charge in [0.2, 0.25) is 0 Å². The summed E-state index contributed by atoms with van der Waals surface area (Å²) in [6.07, 6.45) is 10.8. The monoisotopic (exact) mass is 479 g/mol. The van der Waals surface area contributed by atoms with E-state index >= 15 is 0 Å². The van der Waals surface area contributed by atoms with E-state index in [1.807, 2.05) is 0 Å². The Hall–Kier alpha value is -0.0800. The minimum absolute atomic E-state index is 0. The number of piperidine rings is 1. The van der Waals surface area contributed by atoms with Crippen LogP contribution in [0.5, 0.6) is 0 Å². The van der Waals surface area contributed by atoms with Gasteiger partial charge in [-0.1, -0.05) is 19.8 Å². The summed E-state index contributed by atoms with van der Waals surface area (Å²) in [5.74, 6) is 1.00. The molecular formula is C20H42IN5. The van der Waals surface area contributed by atoms with E-state index in [0.717, 1.165) is 32.1 Å². The summed E-state index contributed by atoms with van der Waals surface area (Å²) in [5, 5.41) is 6.92. The van der Waals surface area contributed by atoms with E-state index in [0.29, 0.717) is 6.04 Å². The SMILES string of the molecule is CCNC(=NCC1CCCN1CC)NCCCCCN1CCCCC1.I. The zero-order valence-corrected chi connectivity index (χ0v) is 19.5. The Morgan fingerprint density at radius 1 is 0.962 bits per heavy atom. The number of unbranched alkanes of at least 4 members (excludes halogenated alkanes) is 2. The molecule has 0 bridgehead atoms. The molecule has 0 aromatic carbocycles. The molecule has 0 aromatic heterocycles. The Labute approximate surface area is 178 Å². The highest BCUT2D eigenvalue weighted by Crippen LogP contribution is 2.16. The second kappa shape index (κ2) is 14.9. The lowest BCUT2D eigenvalue weighted by Gasteiger charge is -2.26. The normalized spacial score (nSPS) is 22.2. The molecule has 1 atom stereocenters. The standard InChI is InChI=1S/C20H41N5.HI/c1-3-21-20(23-18-19-12-11-17-25(19)4-2)22-13-7-5-8-14-24-15-9-6-10-16-24;/h19H,3-18H2,1-2H3,(H2,21,22,23);1H. The Bertz CT molecular complexity index is 371. The van der Waals surface area contributed by atoms with Crippen LogP contribution in [0, 0.1) is 0 Å². The fourth-order valence-corrected chi connectivity index (χ4v) is 4.08. The number of likely N-dealkylation sites (tertiary alicyclic amines) is 2. The van der Waals surface area contributed by atoms with E-state index in [1.165, 1.54) is 77.5 Å². The third kappa shape index (κ3) is 9.22. The van der Waals surface area contributed by atoms with Crippen LogP contribution in [0.25, 0.3) is 0 Å². The number of hydrogen-bond acceptors (Lipinski definition) is 3. The average molecular weight is 479 g/mol. The van der Waals surface area contributed by atoms with Crippen molar-refractivity contribution in [1.29, 1.82) is 0 Å². The predicted molar refractivity (Wildman–Crippen MR) is 124 cm³/mol. The molecule has 2 aliphatic heterocycles. The summed E-state index contributed by atoms with van der Waals surface area (Å²) in [6, 6.07) is 0.644. The highest BCUT2D eigenvalue weighted by Gasteiger charge is 2.22. The van der Waals surface area contributed by atoms with Gasteiger partial charge in [0.1, 0.15) is 0 Å². The third-order valence-corrected chi connectivity index (χ3v) is 5.60. The maximum atomic E-state index is 4.83. The molecule has 0 radical (unpaired) electrons. The second-order valence-corrected chi connectivity index (χ2v) is 7.53. The number of nitrogens with one attached hydrogen (secondary N) is 2. The van der Waals surface area contributed by atoms with Gasteiger partial charge in [-0.25, -0.2) is 0 Å². The number of halogens is 1. The lowest BCUT2D eigenvalue weighted by atomic mass is 10.1. The van der Waals surface area contributed by atoms with Crippen LogP contribution in [0.2, 0.25) is 0 Å². The van der Waals surface area contributed by atoms with Crippen LogP contribution in [0.15, 0.2) is 4.99 Å². The molecule has 0 amide bonds. The van der Waals surface area contributed by atoms with Crippen LogP contribution < -0.4 is 10.6 Å². The number of guanidine groups is 1. The fourth-order valence-electron chi connectivity index (χ4n) is 4.08. The van der Waals surface area contributed by atoms with Gasteiger partial charge in [-0.2, -0.15) is 0 Å². The van der Waals surface area contributed by atoms with Crippen molar-refractivity contribution >= 4 is 29.9 Å². The van der Waals surface area contributed by atoms with Crippen LogP contribution in [0.4, 0.5) is 0 Å². The minimum atomic E-state index is 0. The summed E-state index contributed by atoms with van der Waals surface area (Å²) >= 11 is 0. The van der Waals surface area contributed by atoms with Crippen LogP contribution in [-0.2, 0) is 0 Å². The van der Waals surface area contributed by atoms with E-state index in [9.17, 15) is 0 Å². The lowest BCUT2D eigenvalue weighted by Crippen LogP contribution is -2.39. The van der Waals surface area contributed by atoms with Gasteiger partial charge in [-0.15, -0.1) is 24.0 Å². The molecule has 2 saturated heterocycles. The molecule has 0 saturated carbocycles. The Balaban J connectivity index is 0.00000338. The Kier molecular flexibility index (Phi) is 13.7. The Morgan fingerprint density at radius 3 is 2.50 bits per heavy atom. The summed E-state index contributed by atoms with van der Waals surface area (Å²) in [6.45, 7) is 13.6. The first-order chi connectivity index (χ1) is 12.3. The van der Waals surface area contributed by atoms with Crippen molar-refractivity contribution in [2.45, 2.75) is 71.3 Å². The molecule has 2 aliphatic rings. The molecule has 154 valence electrons.